The molecule has 0 bridgehead atoms. The van der Waals surface area contributed by atoms with Gasteiger partial charge in [-0.1, -0.05) is 22.9 Å². The van der Waals surface area contributed by atoms with Crippen molar-refractivity contribution in [3.8, 4) is 0 Å². The highest BCUT2D eigenvalue weighted by atomic mass is 79.9. The fourth-order valence-electron chi connectivity index (χ4n) is 1.84. The first-order valence-electron chi connectivity index (χ1n) is 7.26. The van der Waals surface area contributed by atoms with Crippen LogP contribution in [0.2, 0.25) is 0 Å². The number of amides is 2. The summed E-state index contributed by atoms with van der Waals surface area (Å²) in [4.78, 5) is 23.2. The molecule has 0 saturated heterocycles. The third kappa shape index (κ3) is 5.75. The molecule has 2 amide bonds. The Hall–Kier alpha value is -2.34. The van der Waals surface area contributed by atoms with Gasteiger partial charge < -0.3 is 16.0 Å². The number of hydrogen-bond acceptors (Lipinski definition) is 3. The van der Waals surface area contributed by atoms with E-state index < -0.39 is 0 Å². The maximum Gasteiger partial charge on any atom is 0.243 e. The Morgan fingerprint density at radius 2 is 1.30 bits per heavy atom. The zero-order valence-electron chi connectivity index (χ0n) is 12.7. The second-order valence-electron chi connectivity index (χ2n) is 4.89. The molecule has 0 aromatic heterocycles. The van der Waals surface area contributed by atoms with Crippen molar-refractivity contribution in [2.24, 2.45) is 0 Å². The molecular formula is C17H18BrN3O2. The zero-order valence-corrected chi connectivity index (χ0v) is 14.3. The average molecular weight is 376 g/mol. The lowest BCUT2D eigenvalue weighted by Crippen LogP contribution is -2.21. The van der Waals surface area contributed by atoms with Crippen molar-refractivity contribution in [3.05, 3.63) is 53.0 Å². The Morgan fingerprint density at radius 1 is 0.826 bits per heavy atom. The summed E-state index contributed by atoms with van der Waals surface area (Å²) in [5.74, 6) is -0.182. The third-order valence-electron chi connectivity index (χ3n) is 3.07. The van der Waals surface area contributed by atoms with E-state index in [2.05, 4.69) is 31.9 Å². The van der Waals surface area contributed by atoms with E-state index in [9.17, 15) is 9.59 Å². The molecule has 0 saturated carbocycles. The monoisotopic (exact) mass is 375 g/mol. The molecule has 6 heteroatoms. The van der Waals surface area contributed by atoms with Gasteiger partial charge in [0, 0.05) is 28.0 Å². The van der Waals surface area contributed by atoms with E-state index in [1.54, 1.807) is 31.2 Å². The molecule has 5 nitrogen and oxygen atoms in total. The first kappa shape index (κ1) is 17.0. The van der Waals surface area contributed by atoms with E-state index in [0.29, 0.717) is 17.8 Å². The fraction of sp³-hybridized carbons (Fsp3) is 0.176. The molecule has 0 heterocycles. The Labute approximate surface area is 143 Å². The van der Waals surface area contributed by atoms with Gasteiger partial charge in [0.15, 0.2) is 0 Å². The quantitative estimate of drug-likeness (QED) is 0.717. The van der Waals surface area contributed by atoms with Crippen LogP contribution in [0.4, 0.5) is 17.1 Å². The van der Waals surface area contributed by atoms with Crippen LogP contribution in [-0.4, -0.2) is 18.4 Å². The van der Waals surface area contributed by atoms with Crippen LogP contribution < -0.4 is 16.0 Å². The predicted octanol–water partition coefficient (Wildman–Crippen LogP) is 3.85. The van der Waals surface area contributed by atoms with Gasteiger partial charge in [-0.2, -0.15) is 0 Å². The molecule has 0 fully saturated rings. The van der Waals surface area contributed by atoms with Crippen molar-refractivity contribution in [1.82, 2.24) is 0 Å². The van der Waals surface area contributed by atoms with Gasteiger partial charge in [0.25, 0.3) is 0 Å². The standard InChI is InChI=1S/C17H18BrN3O2/c1-2-16(22)20-14-7-9-15(10-8-14)21-17(23)11-19-13-5-3-12(18)4-6-13/h3-10,19H,2,11H2,1H3,(H,20,22)(H,21,23). The minimum absolute atomic E-state index is 0.0412. The summed E-state index contributed by atoms with van der Waals surface area (Å²) in [5, 5.41) is 8.60. The number of carbonyl (C=O) groups excluding carboxylic acids is 2. The maximum atomic E-state index is 11.9. The lowest BCUT2D eigenvalue weighted by Gasteiger charge is -2.09. The smallest absolute Gasteiger partial charge is 0.243 e. The van der Waals surface area contributed by atoms with Crippen LogP contribution in [0.15, 0.2) is 53.0 Å². The van der Waals surface area contributed by atoms with E-state index in [1.165, 1.54) is 0 Å². The van der Waals surface area contributed by atoms with E-state index >= 15 is 0 Å². The third-order valence-corrected chi connectivity index (χ3v) is 3.60. The number of rotatable bonds is 6. The van der Waals surface area contributed by atoms with Gasteiger partial charge in [0.05, 0.1) is 6.54 Å². The molecule has 2 rings (SSSR count). The highest BCUT2D eigenvalue weighted by Crippen LogP contribution is 2.15. The molecule has 0 aliphatic carbocycles. The Balaban J connectivity index is 1.82. The number of hydrogen-bond donors (Lipinski definition) is 3. The van der Waals surface area contributed by atoms with Crippen LogP contribution in [-0.2, 0) is 9.59 Å². The Morgan fingerprint density at radius 3 is 1.83 bits per heavy atom. The molecule has 3 N–H and O–H groups in total. The topological polar surface area (TPSA) is 70.2 Å². The number of anilines is 3. The Bertz CT molecular complexity index is 669. The van der Waals surface area contributed by atoms with Crippen LogP contribution in [0.1, 0.15) is 13.3 Å². The largest absolute Gasteiger partial charge is 0.376 e. The van der Waals surface area contributed by atoms with Gasteiger partial charge in [-0.3, -0.25) is 9.59 Å². The van der Waals surface area contributed by atoms with Crippen LogP contribution in [0.25, 0.3) is 0 Å². The zero-order chi connectivity index (χ0) is 16.7. The summed E-state index contributed by atoms with van der Waals surface area (Å²) in [6.07, 6.45) is 0.431. The Kier molecular flexibility index (Phi) is 6.17. The number of benzene rings is 2. The average Bonchev–Trinajstić information content (AvgIpc) is 2.56. The predicted molar refractivity (Wildman–Crippen MR) is 96.6 cm³/mol. The molecule has 2 aromatic rings. The number of carbonyl (C=O) groups is 2. The lowest BCUT2D eigenvalue weighted by atomic mass is 10.2. The van der Waals surface area contributed by atoms with Crippen LogP contribution in [0.5, 0.6) is 0 Å². The number of nitrogens with one attached hydrogen (secondary N) is 3. The first-order valence-corrected chi connectivity index (χ1v) is 8.05. The second kappa shape index (κ2) is 8.33. The summed E-state index contributed by atoms with van der Waals surface area (Å²) in [7, 11) is 0. The minimum Gasteiger partial charge on any atom is -0.376 e. The maximum absolute atomic E-state index is 11.9. The first-order chi connectivity index (χ1) is 11.1. The fourth-order valence-corrected chi connectivity index (χ4v) is 2.11. The highest BCUT2D eigenvalue weighted by Gasteiger charge is 2.03. The van der Waals surface area contributed by atoms with E-state index in [4.69, 9.17) is 0 Å². The molecule has 0 aliphatic rings. The van der Waals surface area contributed by atoms with Crippen molar-refractivity contribution in [3.63, 3.8) is 0 Å². The van der Waals surface area contributed by atoms with Crippen molar-refractivity contribution >= 4 is 44.8 Å². The highest BCUT2D eigenvalue weighted by molar-refractivity contribution is 9.10. The molecule has 0 aliphatic heterocycles. The summed E-state index contributed by atoms with van der Waals surface area (Å²) in [5.41, 5.74) is 2.27. The van der Waals surface area contributed by atoms with Gasteiger partial charge in [-0.05, 0) is 48.5 Å². The summed E-state index contributed by atoms with van der Waals surface area (Å²) in [6, 6.07) is 14.6. The van der Waals surface area contributed by atoms with Crippen molar-refractivity contribution in [1.29, 1.82) is 0 Å². The normalized spacial score (nSPS) is 10.0. The van der Waals surface area contributed by atoms with Gasteiger partial charge in [-0.25, -0.2) is 0 Å². The molecular weight excluding hydrogens is 358 g/mol. The van der Waals surface area contributed by atoms with Crippen LogP contribution >= 0.6 is 15.9 Å². The SMILES string of the molecule is CCC(=O)Nc1ccc(NC(=O)CNc2ccc(Br)cc2)cc1. The molecule has 0 atom stereocenters. The van der Waals surface area contributed by atoms with Gasteiger partial charge in [0.2, 0.25) is 11.8 Å². The van der Waals surface area contributed by atoms with Crippen LogP contribution in [0, 0.1) is 0 Å². The van der Waals surface area contributed by atoms with E-state index in [-0.39, 0.29) is 18.4 Å². The summed E-state index contributed by atoms with van der Waals surface area (Å²) < 4.78 is 0.989. The molecule has 0 radical (unpaired) electrons. The van der Waals surface area contributed by atoms with Gasteiger partial charge in [-0.15, -0.1) is 0 Å². The molecule has 120 valence electrons. The molecule has 0 spiro atoms. The second-order valence-corrected chi connectivity index (χ2v) is 5.80. The molecule has 2 aromatic carbocycles. The van der Waals surface area contributed by atoms with Crippen molar-refractivity contribution in [2.45, 2.75) is 13.3 Å². The lowest BCUT2D eigenvalue weighted by molar-refractivity contribution is -0.116. The van der Waals surface area contributed by atoms with Gasteiger partial charge in [0.1, 0.15) is 0 Å². The van der Waals surface area contributed by atoms with E-state index in [0.717, 1.165) is 10.2 Å². The molecule has 23 heavy (non-hydrogen) atoms. The van der Waals surface area contributed by atoms with Crippen LogP contribution in [0.3, 0.4) is 0 Å². The van der Waals surface area contributed by atoms with Crippen molar-refractivity contribution < 1.29 is 9.59 Å². The van der Waals surface area contributed by atoms with E-state index in [1.807, 2.05) is 24.3 Å². The number of halogens is 1. The summed E-state index contributed by atoms with van der Waals surface area (Å²) in [6.45, 7) is 1.97. The van der Waals surface area contributed by atoms with Crippen molar-refractivity contribution in [2.75, 3.05) is 22.5 Å². The minimum atomic E-state index is -0.140. The summed E-state index contributed by atoms with van der Waals surface area (Å²) >= 11 is 3.36. The van der Waals surface area contributed by atoms with Gasteiger partial charge >= 0.3 is 0 Å². The molecule has 0 unspecified atom stereocenters.